The fraction of sp³-hybridized carbons (Fsp3) is 0.286. The lowest BCUT2D eigenvalue weighted by atomic mass is 10.2. The molecule has 2 aromatic rings. The zero-order valence-electron chi connectivity index (χ0n) is 15.7. The minimum Gasteiger partial charge on any atom is -0.494 e. The summed E-state index contributed by atoms with van der Waals surface area (Å²) in [6.07, 6.45) is 0.778. The Bertz CT molecular complexity index is 818. The molecule has 0 saturated carbocycles. The van der Waals surface area contributed by atoms with E-state index in [1.807, 2.05) is 31.2 Å². The molecule has 0 bridgehead atoms. The molecular weight excluding hydrogens is 360 g/mol. The predicted molar refractivity (Wildman–Crippen MR) is 106 cm³/mol. The number of aliphatic carboxylic acids is 1. The quantitative estimate of drug-likeness (QED) is 0.546. The zero-order chi connectivity index (χ0) is 20.4. The molecule has 0 aliphatic heterocycles. The number of rotatable bonds is 10. The van der Waals surface area contributed by atoms with Gasteiger partial charge in [0.1, 0.15) is 5.75 Å². The molecule has 0 heterocycles. The molecule has 0 aromatic heterocycles. The largest absolute Gasteiger partial charge is 0.494 e. The van der Waals surface area contributed by atoms with Crippen LogP contribution in [-0.2, 0) is 9.59 Å². The van der Waals surface area contributed by atoms with Crippen LogP contribution in [0.5, 0.6) is 5.75 Å². The van der Waals surface area contributed by atoms with Crippen molar-refractivity contribution in [1.82, 2.24) is 5.32 Å². The molecule has 2 amide bonds. The Morgan fingerprint density at radius 1 is 1.04 bits per heavy atom. The third kappa shape index (κ3) is 7.49. The number of nitrogens with one attached hydrogen (secondary N) is 2. The summed E-state index contributed by atoms with van der Waals surface area (Å²) in [5, 5.41) is 13.9. The number of carboxylic acid groups (broad SMARTS) is 1. The van der Waals surface area contributed by atoms with Crippen molar-refractivity contribution in [1.29, 1.82) is 0 Å². The van der Waals surface area contributed by atoms with E-state index in [1.165, 1.54) is 0 Å². The lowest BCUT2D eigenvalue weighted by Crippen LogP contribution is -2.25. The SMILES string of the molecule is Cc1cccc(OCCCC(=O)Nc2ccc(C(=O)NCCC(=O)O)cc2)c1. The van der Waals surface area contributed by atoms with E-state index in [0.29, 0.717) is 30.7 Å². The molecule has 7 heteroatoms. The van der Waals surface area contributed by atoms with Crippen LogP contribution in [0.4, 0.5) is 5.69 Å². The highest BCUT2D eigenvalue weighted by Crippen LogP contribution is 2.13. The molecule has 0 fully saturated rings. The van der Waals surface area contributed by atoms with Crippen LogP contribution in [0.2, 0.25) is 0 Å². The van der Waals surface area contributed by atoms with Gasteiger partial charge in [0.15, 0.2) is 0 Å². The maximum absolute atomic E-state index is 12.0. The number of benzene rings is 2. The molecule has 3 N–H and O–H groups in total. The van der Waals surface area contributed by atoms with Crippen LogP contribution in [0, 0.1) is 6.92 Å². The van der Waals surface area contributed by atoms with Gasteiger partial charge in [-0.05, 0) is 55.3 Å². The van der Waals surface area contributed by atoms with Crippen LogP contribution in [-0.4, -0.2) is 36.0 Å². The van der Waals surface area contributed by atoms with Crippen molar-refractivity contribution in [3.63, 3.8) is 0 Å². The smallest absolute Gasteiger partial charge is 0.305 e. The molecule has 2 rings (SSSR count). The lowest BCUT2D eigenvalue weighted by Gasteiger charge is -2.08. The van der Waals surface area contributed by atoms with E-state index in [0.717, 1.165) is 11.3 Å². The Morgan fingerprint density at radius 3 is 2.46 bits per heavy atom. The van der Waals surface area contributed by atoms with E-state index in [2.05, 4.69) is 10.6 Å². The number of hydrogen-bond donors (Lipinski definition) is 3. The van der Waals surface area contributed by atoms with Crippen molar-refractivity contribution in [2.45, 2.75) is 26.2 Å². The van der Waals surface area contributed by atoms with Gasteiger partial charge in [-0.3, -0.25) is 14.4 Å². The van der Waals surface area contributed by atoms with E-state index in [9.17, 15) is 14.4 Å². The van der Waals surface area contributed by atoms with E-state index in [-0.39, 0.29) is 24.8 Å². The van der Waals surface area contributed by atoms with E-state index >= 15 is 0 Å². The molecule has 0 saturated heterocycles. The molecule has 0 aliphatic rings. The number of aryl methyl sites for hydroxylation is 1. The molecule has 0 spiro atoms. The second kappa shape index (κ2) is 10.7. The Balaban J connectivity index is 1.70. The van der Waals surface area contributed by atoms with Gasteiger partial charge in [-0.25, -0.2) is 0 Å². The summed E-state index contributed by atoms with van der Waals surface area (Å²) in [6, 6.07) is 14.2. The summed E-state index contributed by atoms with van der Waals surface area (Å²) in [6.45, 7) is 2.51. The van der Waals surface area contributed by atoms with Gasteiger partial charge in [0, 0.05) is 24.2 Å². The average Bonchev–Trinajstić information content (AvgIpc) is 2.65. The summed E-state index contributed by atoms with van der Waals surface area (Å²) >= 11 is 0. The highest BCUT2D eigenvalue weighted by Gasteiger charge is 2.07. The Morgan fingerprint density at radius 2 is 1.79 bits per heavy atom. The number of carboxylic acids is 1. The van der Waals surface area contributed by atoms with Crippen molar-refractivity contribution >= 4 is 23.5 Å². The monoisotopic (exact) mass is 384 g/mol. The molecule has 0 unspecified atom stereocenters. The number of amides is 2. The highest BCUT2D eigenvalue weighted by molar-refractivity contribution is 5.95. The van der Waals surface area contributed by atoms with Crippen LogP contribution in [0.1, 0.15) is 35.2 Å². The van der Waals surface area contributed by atoms with Crippen molar-refractivity contribution in [2.75, 3.05) is 18.5 Å². The van der Waals surface area contributed by atoms with Crippen molar-refractivity contribution in [3.8, 4) is 5.75 Å². The molecule has 0 radical (unpaired) electrons. The zero-order valence-corrected chi connectivity index (χ0v) is 15.7. The van der Waals surface area contributed by atoms with Gasteiger partial charge >= 0.3 is 5.97 Å². The molecule has 28 heavy (non-hydrogen) atoms. The fourth-order valence-electron chi connectivity index (χ4n) is 2.44. The van der Waals surface area contributed by atoms with Crippen molar-refractivity contribution in [2.24, 2.45) is 0 Å². The summed E-state index contributed by atoms with van der Waals surface area (Å²) in [5.41, 5.74) is 2.11. The number of carbonyl (C=O) groups excluding carboxylic acids is 2. The summed E-state index contributed by atoms with van der Waals surface area (Å²) in [4.78, 5) is 34.3. The topological polar surface area (TPSA) is 105 Å². The standard InChI is InChI=1S/C21H24N2O5/c1-15-4-2-5-18(14-15)28-13-3-6-19(24)23-17-9-7-16(8-10-17)21(27)22-12-11-20(25)26/h2,4-5,7-10,14H,3,6,11-13H2,1H3,(H,22,27)(H,23,24)(H,25,26). The molecule has 7 nitrogen and oxygen atoms in total. The van der Waals surface area contributed by atoms with Gasteiger partial charge in [-0.1, -0.05) is 12.1 Å². The third-order valence-electron chi connectivity index (χ3n) is 3.86. The number of carbonyl (C=O) groups is 3. The van der Waals surface area contributed by atoms with Crippen molar-refractivity contribution < 1.29 is 24.2 Å². The number of anilines is 1. The average molecular weight is 384 g/mol. The normalized spacial score (nSPS) is 10.2. The van der Waals surface area contributed by atoms with Crippen LogP contribution in [0.25, 0.3) is 0 Å². The maximum atomic E-state index is 12.0. The molecular formula is C21H24N2O5. The molecule has 2 aromatic carbocycles. The Labute approximate surface area is 163 Å². The number of ether oxygens (including phenoxy) is 1. The van der Waals surface area contributed by atoms with Crippen LogP contribution in [0.3, 0.4) is 0 Å². The van der Waals surface area contributed by atoms with Gasteiger partial charge in [-0.2, -0.15) is 0 Å². The summed E-state index contributed by atoms with van der Waals surface area (Å²) in [7, 11) is 0. The first kappa shape index (κ1) is 21.0. The first-order valence-electron chi connectivity index (χ1n) is 9.03. The van der Waals surface area contributed by atoms with E-state index < -0.39 is 5.97 Å². The second-order valence-corrected chi connectivity index (χ2v) is 6.29. The van der Waals surface area contributed by atoms with Gasteiger partial charge in [0.25, 0.3) is 5.91 Å². The predicted octanol–water partition coefficient (Wildman–Crippen LogP) is 3.00. The molecule has 148 valence electrons. The lowest BCUT2D eigenvalue weighted by molar-refractivity contribution is -0.136. The number of hydrogen-bond acceptors (Lipinski definition) is 4. The first-order valence-corrected chi connectivity index (χ1v) is 9.03. The van der Waals surface area contributed by atoms with Crippen LogP contribution >= 0.6 is 0 Å². The Kier molecular flexibility index (Phi) is 8.02. The second-order valence-electron chi connectivity index (χ2n) is 6.29. The highest BCUT2D eigenvalue weighted by atomic mass is 16.5. The minimum absolute atomic E-state index is 0.0667. The van der Waals surface area contributed by atoms with Gasteiger partial charge in [-0.15, -0.1) is 0 Å². The first-order chi connectivity index (χ1) is 13.4. The fourth-order valence-corrected chi connectivity index (χ4v) is 2.44. The molecule has 0 atom stereocenters. The summed E-state index contributed by atoms with van der Waals surface area (Å²) in [5.74, 6) is -0.667. The van der Waals surface area contributed by atoms with Crippen LogP contribution < -0.4 is 15.4 Å². The van der Waals surface area contributed by atoms with E-state index in [1.54, 1.807) is 24.3 Å². The summed E-state index contributed by atoms with van der Waals surface area (Å²) < 4.78 is 5.62. The van der Waals surface area contributed by atoms with Gasteiger partial charge in [0.05, 0.1) is 13.0 Å². The maximum Gasteiger partial charge on any atom is 0.305 e. The van der Waals surface area contributed by atoms with Crippen LogP contribution in [0.15, 0.2) is 48.5 Å². The van der Waals surface area contributed by atoms with Gasteiger partial charge < -0.3 is 20.5 Å². The van der Waals surface area contributed by atoms with Gasteiger partial charge in [0.2, 0.25) is 5.91 Å². The molecule has 0 aliphatic carbocycles. The minimum atomic E-state index is -0.970. The third-order valence-corrected chi connectivity index (χ3v) is 3.86. The van der Waals surface area contributed by atoms with Crippen molar-refractivity contribution in [3.05, 3.63) is 59.7 Å². The Hall–Kier alpha value is -3.35. The van der Waals surface area contributed by atoms with E-state index in [4.69, 9.17) is 9.84 Å².